The lowest BCUT2D eigenvalue weighted by atomic mass is 10.1. The number of nitrogens with zero attached hydrogens (tertiary/aromatic N) is 2. The molecule has 1 amide bonds. The molecule has 1 rings (SSSR count). The molecule has 20 heavy (non-hydrogen) atoms. The highest BCUT2D eigenvalue weighted by Gasteiger charge is 2.25. The molecule has 0 saturated heterocycles. The number of carbonyl (C=O) groups is 1. The lowest BCUT2D eigenvalue weighted by Crippen LogP contribution is -2.42. The maximum atomic E-state index is 12.5. The van der Waals surface area contributed by atoms with Crippen LogP contribution >= 0.6 is 0 Å². The topological polar surface area (TPSA) is 35.6 Å². The Morgan fingerprint density at radius 2 is 1.85 bits per heavy atom. The summed E-state index contributed by atoms with van der Waals surface area (Å²) >= 11 is 0. The molecule has 0 aromatic rings. The highest BCUT2D eigenvalue weighted by atomic mass is 16.2. The highest BCUT2D eigenvalue weighted by Crippen LogP contribution is 2.24. The van der Waals surface area contributed by atoms with E-state index in [-0.39, 0.29) is 0 Å². The zero-order chi connectivity index (χ0) is 15.0. The average molecular weight is 283 g/mol. The maximum absolute atomic E-state index is 12.5. The Morgan fingerprint density at radius 3 is 2.40 bits per heavy atom. The van der Waals surface area contributed by atoms with E-state index in [1.54, 1.807) is 0 Å². The number of rotatable bonds is 9. The molecule has 1 aliphatic rings. The Hall–Kier alpha value is -0.610. The van der Waals surface area contributed by atoms with Gasteiger partial charge in [-0.25, -0.2) is 0 Å². The fraction of sp³-hybridized carbons (Fsp3) is 0.938. The van der Waals surface area contributed by atoms with Gasteiger partial charge >= 0.3 is 0 Å². The number of likely N-dealkylation sites (N-methyl/N-ethyl adjacent to an activating group) is 1. The molecule has 1 N–H and O–H groups in total. The van der Waals surface area contributed by atoms with E-state index < -0.39 is 0 Å². The fourth-order valence-corrected chi connectivity index (χ4v) is 2.81. The lowest BCUT2D eigenvalue weighted by Gasteiger charge is -2.30. The second-order valence-electron chi connectivity index (χ2n) is 6.54. The third-order valence-electron chi connectivity index (χ3n) is 3.99. The summed E-state index contributed by atoms with van der Waals surface area (Å²) in [6.45, 7) is 7.07. The molecule has 1 aliphatic carbocycles. The van der Waals surface area contributed by atoms with Crippen molar-refractivity contribution in [3.63, 3.8) is 0 Å². The van der Waals surface area contributed by atoms with E-state index in [1.165, 1.54) is 25.7 Å². The molecule has 0 unspecified atom stereocenters. The molecule has 118 valence electrons. The van der Waals surface area contributed by atoms with Gasteiger partial charge in [0.2, 0.25) is 5.91 Å². The Balaban J connectivity index is 2.38. The summed E-state index contributed by atoms with van der Waals surface area (Å²) in [5.74, 6) is 0.351. The van der Waals surface area contributed by atoms with E-state index in [1.807, 2.05) is 0 Å². The van der Waals surface area contributed by atoms with Crippen LogP contribution in [0.2, 0.25) is 0 Å². The predicted molar refractivity (Wildman–Crippen MR) is 84.9 cm³/mol. The van der Waals surface area contributed by atoms with Crippen molar-refractivity contribution in [1.82, 2.24) is 15.1 Å². The zero-order valence-corrected chi connectivity index (χ0v) is 13.8. The average Bonchev–Trinajstić information content (AvgIpc) is 2.88. The molecule has 4 nitrogen and oxygen atoms in total. The third-order valence-corrected chi connectivity index (χ3v) is 3.99. The van der Waals surface area contributed by atoms with Gasteiger partial charge in [-0.15, -0.1) is 0 Å². The van der Waals surface area contributed by atoms with Gasteiger partial charge in [-0.2, -0.15) is 0 Å². The first-order chi connectivity index (χ1) is 9.50. The molecule has 0 spiro atoms. The number of nitrogens with one attached hydrogen (secondary N) is 1. The molecule has 0 atom stereocenters. The van der Waals surface area contributed by atoms with E-state index >= 15 is 0 Å². The lowest BCUT2D eigenvalue weighted by molar-refractivity contribution is -0.133. The first kappa shape index (κ1) is 17.4. The normalized spacial score (nSPS) is 16.3. The molecule has 0 radical (unpaired) electrons. The van der Waals surface area contributed by atoms with Gasteiger partial charge in [-0.3, -0.25) is 4.79 Å². The Bertz CT molecular complexity index is 273. The Kier molecular flexibility index (Phi) is 8.15. The number of hydrogen-bond donors (Lipinski definition) is 1. The van der Waals surface area contributed by atoms with Crippen molar-refractivity contribution in [2.75, 3.05) is 33.7 Å². The van der Waals surface area contributed by atoms with Gasteiger partial charge in [-0.05, 0) is 39.9 Å². The quantitative estimate of drug-likeness (QED) is 0.658. The van der Waals surface area contributed by atoms with Crippen LogP contribution in [0.15, 0.2) is 0 Å². The van der Waals surface area contributed by atoms with Crippen LogP contribution in [0.1, 0.15) is 52.4 Å². The minimum atomic E-state index is 0.351. The smallest absolute Gasteiger partial charge is 0.222 e. The van der Waals surface area contributed by atoms with Crippen molar-refractivity contribution in [3.8, 4) is 0 Å². The van der Waals surface area contributed by atoms with Crippen LogP contribution in [-0.4, -0.2) is 61.5 Å². The first-order valence-corrected chi connectivity index (χ1v) is 8.18. The maximum Gasteiger partial charge on any atom is 0.222 e. The van der Waals surface area contributed by atoms with Crippen molar-refractivity contribution in [2.45, 2.75) is 64.5 Å². The van der Waals surface area contributed by atoms with Crippen molar-refractivity contribution < 1.29 is 4.79 Å². The second-order valence-corrected chi connectivity index (χ2v) is 6.54. The molecule has 1 saturated carbocycles. The Morgan fingerprint density at radius 1 is 1.20 bits per heavy atom. The Labute approximate surface area is 124 Å². The van der Waals surface area contributed by atoms with Gasteiger partial charge < -0.3 is 15.1 Å². The van der Waals surface area contributed by atoms with E-state index in [0.29, 0.717) is 24.4 Å². The summed E-state index contributed by atoms with van der Waals surface area (Å²) in [5, 5.41) is 3.38. The summed E-state index contributed by atoms with van der Waals surface area (Å²) < 4.78 is 0. The van der Waals surface area contributed by atoms with E-state index in [0.717, 1.165) is 26.1 Å². The number of carbonyl (C=O) groups excluding carboxylic acids is 1. The summed E-state index contributed by atoms with van der Waals surface area (Å²) in [4.78, 5) is 16.8. The van der Waals surface area contributed by atoms with E-state index in [9.17, 15) is 4.79 Å². The van der Waals surface area contributed by atoms with Crippen LogP contribution in [0.25, 0.3) is 0 Å². The first-order valence-electron chi connectivity index (χ1n) is 8.18. The summed E-state index contributed by atoms with van der Waals surface area (Å²) in [6, 6.07) is 1.00. The minimum Gasteiger partial charge on any atom is -0.338 e. The summed E-state index contributed by atoms with van der Waals surface area (Å²) in [6.07, 6.45) is 6.59. The summed E-state index contributed by atoms with van der Waals surface area (Å²) in [5.41, 5.74) is 0. The van der Waals surface area contributed by atoms with Crippen LogP contribution in [0.3, 0.4) is 0 Å². The van der Waals surface area contributed by atoms with Gasteiger partial charge in [0, 0.05) is 31.6 Å². The highest BCUT2D eigenvalue weighted by molar-refractivity contribution is 5.76. The molecule has 0 bridgehead atoms. The molecule has 0 aliphatic heterocycles. The van der Waals surface area contributed by atoms with Gasteiger partial charge in [0.1, 0.15) is 0 Å². The molecule has 0 heterocycles. The molecule has 4 heteroatoms. The van der Waals surface area contributed by atoms with Crippen molar-refractivity contribution in [1.29, 1.82) is 0 Å². The molecular weight excluding hydrogens is 250 g/mol. The van der Waals surface area contributed by atoms with Crippen LogP contribution in [0.4, 0.5) is 0 Å². The predicted octanol–water partition coefficient (Wildman–Crippen LogP) is 2.10. The van der Waals surface area contributed by atoms with Crippen molar-refractivity contribution in [2.24, 2.45) is 0 Å². The monoisotopic (exact) mass is 283 g/mol. The second kappa shape index (κ2) is 9.35. The number of amides is 1. The standard InChI is InChI=1S/C16H33N3O/c1-14(2)17-11-7-10-16(20)19(13-12-18(3)4)15-8-5-6-9-15/h14-15,17H,5-13H2,1-4H3. The minimum absolute atomic E-state index is 0.351. The third kappa shape index (κ3) is 6.71. The SMILES string of the molecule is CC(C)NCCCC(=O)N(CCN(C)C)C1CCCC1. The van der Waals surface area contributed by atoms with Crippen LogP contribution < -0.4 is 5.32 Å². The molecule has 0 aromatic carbocycles. The van der Waals surface area contributed by atoms with Crippen LogP contribution in [0, 0.1) is 0 Å². The van der Waals surface area contributed by atoms with E-state index in [4.69, 9.17) is 0 Å². The van der Waals surface area contributed by atoms with Crippen LogP contribution in [-0.2, 0) is 4.79 Å². The molecule has 1 fully saturated rings. The largest absolute Gasteiger partial charge is 0.338 e. The number of hydrogen-bond acceptors (Lipinski definition) is 3. The fourth-order valence-electron chi connectivity index (χ4n) is 2.81. The van der Waals surface area contributed by atoms with Crippen LogP contribution in [0.5, 0.6) is 0 Å². The summed E-state index contributed by atoms with van der Waals surface area (Å²) in [7, 11) is 4.15. The van der Waals surface area contributed by atoms with Gasteiger partial charge in [0.05, 0.1) is 0 Å². The molecular formula is C16H33N3O. The van der Waals surface area contributed by atoms with Crippen molar-refractivity contribution in [3.05, 3.63) is 0 Å². The molecule has 0 aromatic heterocycles. The zero-order valence-electron chi connectivity index (χ0n) is 13.8. The van der Waals surface area contributed by atoms with Gasteiger partial charge in [0.25, 0.3) is 0 Å². The van der Waals surface area contributed by atoms with E-state index in [2.05, 4.69) is 43.1 Å². The van der Waals surface area contributed by atoms with Gasteiger partial charge in [-0.1, -0.05) is 26.7 Å². The van der Waals surface area contributed by atoms with Gasteiger partial charge in [0.15, 0.2) is 0 Å². The van der Waals surface area contributed by atoms with Crippen molar-refractivity contribution >= 4 is 5.91 Å².